The van der Waals surface area contributed by atoms with Crippen LogP contribution in [0, 0.1) is 0 Å². The summed E-state index contributed by atoms with van der Waals surface area (Å²) in [6.07, 6.45) is 2.76. The van der Waals surface area contributed by atoms with E-state index in [0.29, 0.717) is 54.3 Å². The Kier molecular flexibility index (Phi) is 7.64. The number of carbonyl (C=O) groups excluding carboxylic acids is 1. The second-order valence-electron chi connectivity index (χ2n) is 11.4. The number of aryl methyl sites for hydroxylation is 1. The molecule has 2 aliphatic rings. The lowest BCUT2D eigenvalue weighted by Crippen LogP contribution is -2.38. The van der Waals surface area contributed by atoms with Gasteiger partial charge in [0.2, 0.25) is 0 Å². The Morgan fingerprint density at radius 1 is 1.02 bits per heavy atom. The fraction of sp³-hybridized carbons (Fsp3) is 0.303. The molecule has 10 nitrogen and oxygen atoms in total. The second kappa shape index (κ2) is 11.5. The van der Waals surface area contributed by atoms with E-state index in [2.05, 4.69) is 16.4 Å². The Morgan fingerprint density at radius 3 is 2.58 bits per heavy atom. The van der Waals surface area contributed by atoms with Crippen LogP contribution in [0.2, 0.25) is 0 Å². The van der Waals surface area contributed by atoms with Crippen LogP contribution in [0.25, 0.3) is 11.1 Å². The number of fused-ring (bicyclic) bond motifs is 1. The van der Waals surface area contributed by atoms with Gasteiger partial charge >= 0.3 is 0 Å². The number of amides is 1. The molecular weight excluding hydrogens is 544 g/mol. The van der Waals surface area contributed by atoms with Crippen molar-refractivity contribution in [2.24, 2.45) is 7.05 Å². The summed E-state index contributed by atoms with van der Waals surface area (Å²) in [6.45, 7) is 1.46. The van der Waals surface area contributed by atoms with Crippen molar-refractivity contribution in [3.8, 4) is 11.1 Å². The molecule has 6 rings (SSSR count). The number of carbonyl (C=O) groups is 1. The number of anilines is 5. The maximum atomic E-state index is 13.7. The molecule has 222 valence electrons. The molecule has 1 amide bonds. The zero-order chi connectivity index (χ0) is 30.2. The maximum Gasteiger partial charge on any atom is 0.274 e. The fourth-order valence-corrected chi connectivity index (χ4v) is 5.95. The van der Waals surface area contributed by atoms with Crippen LogP contribution in [0.3, 0.4) is 0 Å². The molecule has 0 unspecified atom stereocenters. The first-order chi connectivity index (χ1) is 20.7. The van der Waals surface area contributed by atoms with E-state index in [1.165, 1.54) is 4.57 Å². The van der Waals surface area contributed by atoms with E-state index < -0.39 is 0 Å². The van der Waals surface area contributed by atoms with Gasteiger partial charge in [-0.2, -0.15) is 0 Å². The molecule has 0 radical (unpaired) electrons. The van der Waals surface area contributed by atoms with Crippen LogP contribution in [-0.2, 0) is 20.1 Å². The van der Waals surface area contributed by atoms with Gasteiger partial charge in [-0.1, -0.05) is 18.2 Å². The zero-order valence-electron chi connectivity index (χ0n) is 24.6. The van der Waals surface area contributed by atoms with E-state index in [9.17, 15) is 19.8 Å². The summed E-state index contributed by atoms with van der Waals surface area (Å²) in [5.74, 6) is 1.15. The highest BCUT2D eigenvalue weighted by atomic mass is 16.3. The third kappa shape index (κ3) is 5.47. The van der Waals surface area contributed by atoms with Crippen molar-refractivity contribution in [1.82, 2.24) is 9.55 Å². The summed E-state index contributed by atoms with van der Waals surface area (Å²) in [7, 11) is 5.64. The molecule has 2 aromatic heterocycles. The molecule has 4 heterocycles. The topological polar surface area (TPSA) is 114 Å². The molecule has 1 atom stereocenters. The lowest BCUT2D eigenvalue weighted by atomic mass is 9.94. The molecule has 1 fully saturated rings. The van der Waals surface area contributed by atoms with Gasteiger partial charge in [0, 0.05) is 69.4 Å². The summed E-state index contributed by atoms with van der Waals surface area (Å²) >= 11 is 0. The molecular formula is C33H36N6O4. The molecule has 2 aromatic carbocycles. The molecule has 4 aromatic rings. The van der Waals surface area contributed by atoms with Gasteiger partial charge in [0.25, 0.3) is 11.5 Å². The third-order valence-corrected chi connectivity index (χ3v) is 8.26. The zero-order valence-corrected chi connectivity index (χ0v) is 24.6. The Bertz CT molecular complexity index is 1750. The molecule has 0 aliphatic carbocycles. The average molecular weight is 581 g/mol. The van der Waals surface area contributed by atoms with Crippen LogP contribution in [0.4, 0.5) is 28.7 Å². The number of rotatable bonds is 7. The van der Waals surface area contributed by atoms with Crippen molar-refractivity contribution in [2.45, 2.75) is 25.6 Å². The van der Waals surface area contributed by atoms with Crippen molar-refractivity contribution in [3.63, 3.8) is 0 Å². The number of aromatic nitrogens is 2. The van der Waals surface area contributed by atoms with Gasteiger partial charge < -0.3 is 34.8 Å². The highest BCUT2D eigenvalue weighted by Crippen LogP contribution is 2.35. The Morgan fingerprint density at radius 2 is 1.84 bits per heavy atom. The number of β-amino-alcohol motifs (C(OH)–C–C–N with tert-alkyl or cyclic N) is 1. The quantitative estimate of drug-likeness (QED) is 0.304. The predicted molar refractivity (Wildman–Crippen MR) is 170 cm³/mol. The number of aliphatic hydroxyl groups excluding tert-OH is 2. The molecule has 0 bridgehead atoms. The average Bonchev–Trinajstić information content (AvgIpc) is 3.45. The number of benzene rings is 2. The number of aliphatic hydroxyl groups is 2. The van der Waals surface area contributed by atoms with E-state index in [0.717, 1.165) is 34.7 Å². The van der Waals surface area contributed by atoms with E-state index in [-0.39, 0.29) is 24.2 Å². The van der Waals surface area contributed by atoms with Gasteiger partial charge in [-0.05, 0) is 66.4 Å². The minimum absolute atomic E-state index is 0.0994. The molecule has 2 aliphatic heterocycles. The van der Waals surface area contributed by atoms with E-state index >= 15 is 0 Å². The summed E-state index contributed by atoms with van der Waals surface area (Å²) in [6, 6.07) is 18.8. The standard InChI is InChI=1S/C33H36N6O4/c1-36(2)23-10-11-26-21(16-23)12-15-39(32(26)42)29-7-4-6-25(27(29)20-40)22-17-28(33(43)37(3)18-22)34-30-8-5-9-31(35-30)38-14-13-24(41)19-38/h4-11,16-18,24,40-41H,12-15,19-20H2,1-3H3,(H,34,35)/t24-/m1/s1. The van der Waals surface area contributed by atoms with Crippen LogP contribution in [0.1, 0.15) is 27.9 Å². The van der Waals surface area contributed by atoms with Crippen LogP contribution in [-0.4, -0.2) is 65.5 Å². The number of pyridine rings is 2. The first-order valence-corrected chi connectivity index (χ1v) is 14.5. The minimum Gasteiger partial charge on any atom is -0.392 e. The number of hydrogen-bond donors (Lipinski definition) is 3. The lowest BCUT2D eigenvalue weighted by molar-refractivity contribution is 0.0980. The van der Waals surface area contributed by atoms with Crippen molar-refractivity contribution < 1.29 is 15.0 Å². The van der Waals surface area contributed by atoms with E-state index in [1.807, 2.05) is 66.4 Å². The van der Waals surface area contributed by atoms with Gasteiger partial charge in [-0.15, -0.1) is 0 Å². The number of nitrogens with one attached hydrogen (secondary N) is 1. The SMILES string of the molecule is CN(C)c1ccc2c(c1)CCN(c1cccc(-c3cc(Nc4cccc(N5CC[C@@H](O)C5)n4)c(=O)n(C)c3)c1CO)C2=O. The molecule has 1 saturated heterocycles. The summed E-state index contributed by atoms with van der Waals surface area (Å²) in [5, 5.41) is 23.7. The monoisotopic (exact) mass is 580 g/mol. The normalized spacial score (nSPS) is 16.4. The first-order valence-electron chi connectivity index (χ1n) is 14.5. The molecule has 3 N–H and O–H groups in total. The highest BCUT2D eigenvalue weighted by Gasteiger charge is 2.28. The van der Waals surface area contributed by atoms with Crippen molar-refractivity contribution in [3.05, 3.63) is 93.9 Å². The molecule has 43 heavy (non-hydrogen) atoms. The van der Waals surface area contributed by atoms with Crippen LogP contribution in [0.5, 0.6) is 0 Å². The van der Waals surface area contributed by atoms with Crippen LogP contribution in [0.15, 0.2) is 71.7 Å². The maximum absolute atomic E-state index is 13.7. The van der Waals surface area contributed by atoms with Crippen molar-refractivity contribution in [2.75, 3.05) is 53.7 Å². The van der Waals surface area contributed by atoms with Gasteiger partial charge in [-0.25, -0.2) is 4.98 Å². The van der Waals surface area contributed by atoms with E-state index in [1.54, 1.807) is 30.3 Å². The lowest BCUT2D eigenvalue weighted by Gasteiger charge is -2.31. The van der Waals surface area contributed by atoms with Gasteiger partial charge in [0.1, 0.15) is 17.3 Å². The number of nitrogens with zero attached hydrogens (tertiary/aromatic N) is 5. The number of hydrogen-bond acceptors (Lipinski definition) is 8. The van der Waals surface area contributed by atoms with Gasteiger partial charge in [-0.3, -0.25) is 9.59 Å². The highest BCUT2D eigenvalue weighted by molar-refractivity contribution is 6.09. The molecule has 0 saturated carbocycles. The van der Waals surface area contributed by atoms with Crippen LogP contribution >= 0.6 is 0 Å². The predicted octanol–water partition coefficient (Wildman–Crippen LogP) is 3.52. The Balaban J connectivity index is 1.33. The van der Waals surface area contributed by atoms with Crippen molar-refractivity contribution >= 4 is 34.6 Å². The van der Waals surface area contributed by atoms with E-state index in [4.69, 9.17) is 0 Å². The first kappa shape index (κ1) is 28.4. The van der Waals surface area contributed by atoms with Crippen LogP contribution < -0.4 is 25.6 Å². The third-order valence-electron chi connectivity index (χ3n) is 8.26. The Labute approximate surface area is 250 Å². The largest absolute Gasteiger partial charge is 0.392 e. The second-order valence-corrected chi connectivity index (χ2v) is 11.4. The fourth-order valence-electron chi connectivity index (χ4n) is 5.95. The van der Waals surface area contributed by atoms with Crippen molar-refractivity contribution in [1.29, 1.82) is 0 Å². The Hall–Kier alpha value is -4.67. The minimum atomic E-state index is -0.371. The smallest absolute Gasteiger partial charge is 0.274 e. The summed E-state index contributed by atoms with van der Waals surface area (Å²) in [5.41, 5.74) is 5.55. The van der Waals surface area contributed by atoms with Gasteiger partial charge in [0.15, 0.2) is 0 Å². The molecule has 0 spiro atoms. The summed E-state index contributed by atoms with van der Waals surface area (Å²) < 4.78 is 1.50. The van der Waals surface area contributed by atoms with Gasteiger partial charge in [0.05, 0.1) is 18.4 Å². The molecule has 10 heteroatoms. The summed E-state index contributed by atoms with van der Waals surface area (Å²) in [4.78, 5) is 37.3.